The van der Waals surface area contributed by atoms with Gasteiger partial charge in [-0.15, -0.1) is 0 Å². The number of carbonyl (C=O) groups is 1. The number of nitrogens with zero attached hydrogens (tertiary/aromatic N) is 3. The lowest BCUT2D eigenvalue weighted by atomic mass is 9.88. The van der Waals surface area contributed by atoms with Crippen molar-refractivity contribution in [2.45, 2.75) is 18.9 Å². The van der Waals surface area contributed by atoms with Crippen LogP contribution in [0.2, 0.25) is 5.02 Å². The average molecular weight is 432 g/mol. The van der Waals surface area contributed by atoms with Crippen molar-refractivity contribution < 1.29 is 9.32 Å². The molecule has 0 atom stereocenters. The minimum absolute atomic E-state index is 0.00444. The van der Waals surface area contributed by atoms with Gasteiger partial charge in [0.2, 0.25) is 17.6 Å². The number of hydrogen-bond acceptors (Lipinski definition) is 4. The van der Waals surface area contributed by atoms with Crippen LogP contribution in [0, 0.1) is 0 Å². The van der Waals surface area contributed by atoms with Crippen molar-refractivity contribution in [1.82, 2.24) is 15.0 Å². The highest BCUT2D eigenvalue weighted by atomic mass is 35.5. The van der Waals surface area contributed by atoms with Gasteiger partial charge in [0.15, 0.2) is 0 Å². The Hall–Kier alpha value is -3.44. The third kappa shape index (κ3) is 5.01. The van der Waals surface area contributed by atoms with Gasteiger partial charge in [0.25, 0.3) is 0 Å². The first-order valence-electron chi connectivity index (χ1n) is 10.0. The Kier molecular flexibility index (Phi) is 6.43. The number of hydrogen-bond donors (Lipinski definition) is 0. The van der Waals surface area contributed by atoms with Crippen LogP contribution in [0.25, 0.3) is 11.4 Å². The summed E-state index contributed by atoms with van der Waals surface area (Å²) in [5.74, 6) is 0.739. The fourth-order valence-corrected chi connectivity index (χ4v) is 3.71. The van der Waals surface area contributed by atoms with E-state index in [0.717, 1.165) is 11.1 Å². The molecule has 4 rings (SSSR count). The van der Waals surface area contributed by atoms with Crippen LogP contribution in [0.4, 0.5) is 0 Å². The predicted molar refractivity (Wildman–Crippen MR) is 121 cm³/mol. The first-order valence-corrected chi connectivity index (χ1v) is 10.4. The van der Waals surface area contributed by atoms with Crippen molar-refractivity contribution in [3.05, 3.63) is 107 Å². The molecule has 0 aliphatic carbocycles. The van der Waals surface area contributed by atoms with Gasteiger partial charge in [-0.3, -0.25) is 4.79 Å². The molecule has 0 unspecified atom stereocenters. The number of halogens is 1. The number of benzene rings is 3. The van der Waals surface area contributed by atoms with Crippen molar-refractivity contribution in [3.63, 3.8) is 0 Å². The van der Waals surface area contributed by atoms with E-state index in [9.17, 15) is 4.79 Å². The van der Waals surface area contributed by atoms with Gasteiger partial charge >= 0.3 is 0 Å². The SMILES string of the molecule is CN(Cc1nc(-c2ccccc2Cl)no1)C(=O)CC(c1ccccc1)c1ccccc1. The van der Waals surface area contributed by atoms with Crippen LogP contribution < -0.4 is 0 Å². The summed E-state index contributed by atoms with van der Waals surface area (Å²) in [5, 5.41) is 4.56. The first-order chi connectivity index (χ1) is 15.1. The van der Waals surface area contributed by atoms with E-state index >= 15 is 0 Å². The highest BCUT2D eigenvalue weighted by Crippen LogP contribution is 2.29. The number of amides is 1. The maximum atomic E-state index is 13.1. The molecular formula is C25H22ClN3O2. The van der Waals surface area contributed by atoms with Gasteiger partial charge < -0.3 is 9.42 Å². The van der Waals surface area contributed by atoms with Crippen LogP contribution in [0.3, 0.4) is 0 Å². The van der Waals surface area contributed by atoms with Crippen LogP contribution in [0.15, 0.2) is 89.5 Å². The lowest BCUT2D eigenvalue weighted by molar-refractivity contribution is -0.131. The highest BCUT2D eigenvalue weighted by molar-refractivity contribution is 6.33. The Morgan fingerprint density at radius 2 is 1.52 bits per heavy atom. The monoisotopic (exact) mass is 431 g/mol. The van der Waals surface area contributed by atoms with Crippen LogP contribution in [-0.2, 0) is 11.3 Å². The second kappa shape index (κ2) is 9.58. The summed E-state index contributed by atoms with van der Waals surface area (Å²) in [4.78, 5) is 19.1. The van der Waals surface area contributed by atoms with E-state index in [1.54, 1.807) is 18.0 Å². The molecule has 0 saturated heterocycles. The first kappa shape index (κ1) is 20.8. The van der Waals surface area contributed by atoms with Crippen molar-refractivity contribution >= 4 is 17.5 Å². The van der Waals surface area contributed by atoms with E-state index in [1.807, 2.05) is 54.6 Å². The zero-order valence-electron chi connectivity index (χ0n) is 17.1. The summed E-state index contributed by atoms with van der Waals surface area (Å²) >= 11 is 6.21. The molecule has 0 spiro atoms. The van der Waals surface area contributed by atoms with Gasteiger partial charge in [-0.05, 0) is 23.3 Å². The molecule has 1 aromatic heterocycles. The van der Waals surface area contributed by atoms with Gasteiger partial charge in [0.1, 0.15) is 0 Å². The van der Waals surface area contributed by atoms with E-state index in [4.69, 9.17) is 16.1 Å². The maximum absolute atomic E-state index is 13.1. The van der Waals surface area contributed by atoms with E-state index in [1.165, 1.54) is 0 Å². The normalized spacial score (nSPS) is 10.9. The molecule has 0 bridgehead atoms. The predicted octanol–water partition coefficient (Wildman–Crippen LogP) is 5.57. The molecule has 1 amide bonds. The van der Waals surface area contributed by atoms with E-state index in [2.05, 4.69) is 34.4 Å². The molecule has 0 aliphatic rings. The summed E-state index contributed by atoms with van der Waals surface area (Å²) in [7, 11) is 1.74. The topological polar surface area (TPSA) is 59.2 Å². The second-order valence-electron chi connectivity index (χ2n) is 7.32. The second-order valence-corrected chi connectivity index (χ2v) is 7.73. The number of carbonyl (C=O) groups excluding carboxylic acids is 1. The van der Waals surface area contributed by atoms with Gasteiger partial charge in [0, 0.05) is 24.9 Å². The number of rotatable bonds is 7. The summed E-state index contributed by atoms with van der Waals surface area (Å²) in [6.07, 6.45) is 0.343. The summed E-state index contributed by atoms with van der Waals surface area (Å²) in [6.45, 7) is 0.229. The Balaban J connectivity index is 1.48. The molecule has 0 fully saturated rings. The zero-order valence-corrected chi connectivity index (χ0v) is 17.9. The molecule has 0 aliphatic heterocycles. The Labute approximate surface area is 186 Å². The number of aromatic nitrogens is 2. The average Bonchev–Trinajstić information content (AvgIpc) is 3.27. The van der Waals surface area contributed by atoms with Crippen LogP contribution >= 0.6 is 11.6 Å². The fourth-order valence-electron chi connectivity index (χ4n) is 3.49. The molecule has 0 N–H and O–H groups in total. The fraction of sp³-hybridized carbons (Fsp3) is 0.160. The molecule has 31 heavy (non-hydrogen) atoms. The van der Waals surface area contributed by atoms with Crippen molar-refractivity contribution in [1.29, 1.82) is 0 Å². The molecule has 4 aromatic rings. The lowest BCUT2D eigenvalue weighted by Crippen LogP contribution is -2.28. The lowest BCUT2D eigenvalue weighted by Gasteiger charge is -2.21. The highest BCUT2D eigenvalue weighted by Gasteiger charge is 2.22. The quantitative estimate of drug-likeness (QED) is 0.383. The van der Waals surface area contributed by atoms with Crippen molar-refractivity contribution in [2.24, 2.45) is 0 Å². The third-order valence-electron chi connectivity index (χ3n) is 5.16. The molecular weight excluding hydrogens is 410 g/mol. The van der Waals surface area contributed by atoms with Crippen LogP contribution in [0.5, 0.6) is 0 Å². The summed E-state index contributed by atoms with van der Waals surface area (Å²) < 4.78 is 5.36. The molecule has 5 nitrogen and oxygen atoms in total. The summed E-state index contributed by atoms with van der Waals surface area (Å²) in [6, 6.07) is 27.5. The Morgan fingerprint density at radius 1 is 0.935 bits per heavy atom. The van der Waals surface area contributed by atoms with E-state index in [0.29, 0.717) is 28.7 Å². The minimum Gasteiger partial charge on any atom is -0.337 e. The molecule has 0 radical (unpaired) electrons. The molecule has 156 valence electrons. The van der Waals surface area contributed by atoms with Crippen molar-refractivity contribution in [2.75, 3.05) is 7.05 Å². The molecule has 3 aromatic carbocycles. The largest absolute Gasteiger partial charge is 0.337 e. The van der Waals surface area contributed by atoms with Gasteiger partial charge in [-0.2, -0.15) is 4.98 Å². The third-order valence-corrected chi connectivity index (χ3v) is 5.49. The van der Waals surface area contributed by atoms with Gasteiger partial charge in [-0.1, -0.05) is 89.6 Å². The van der Waals surface area contributed by atoms with E-state index in [-0.39, 0.29) is 18.4 Å². The Bertz CT molecular complexity index is 1110. The zero-order chi connectivity index (χ0) is 21.6. The van der Waals surface area contributed by atoms with Crippen molar-refractivity contribution in [3.8, 4) is 11.4 Å². The standard InChI is InChI=1S/C25H22ClN3O2/c1-29(17-23-27-25(28-31-23)20-14-8-9-15-22(20)26)24(30)16-21(18-10-4-2-5-11-18)19-12-6-3-7-13-19/h2-15,21H,16-17H2,1H3. The van der Waals surface area contributed by atoms with Gasteiger partial charge in [0.05, 0.1) is 11.6 Å². The van der Waals surface area contributed by atoms with E-state index < -0.39 is 0 Å². The Morgan fingerprint density at radius 3 is 2.13 bits per heavy atom. The summed E-state index contributed by atoms with van der Waals surface area (Å²) in [5.41, 5.74) is 2.91. The molecule has 0 saturated carbocycles. The maximum Gasteiger partial charge on any atom is 0.246 e. The van der Waals surface area contributed by atoms with Crippen LogP contribution in [-0.4, -0.2) is 28.0 Å². The molecule has 1 heterocycles. The van der Waals surface area contributed by atoms with Crippen LogP contribution in [0.1, 0.15) is 29.4 Å². The van der Waals surface area contributed by atoms with Gasteiger partial charge in [-0.25, -0.2) is 0 Å². The smallest absolute Gasteiger partial charge is 0.246 e. The molecule has 6 heteroatoms. The minimum atomic E-state index is -0.0290.